The van der Waals surface area contributed by atoms with Crippen molar-refractivity contribution in [3.05, 3.63) is 18.2 Å². The van der Waals surface area contributed by atoms with Gasteiger partial charge in [-0.15, -0.1) is 0 Å². The van der Waals surface area contributed by atoms with Crippen molar-refractivity contribution in [3.8, 4) is 0 Å². The summed E-state index contributed by atoms with van der Waals surface area (Å²) in [6.45, 7) is 12.6. The average molecular weight is 412 g/mol. The summed E-state index contributed by atoms with van der Waals surface area (Å²) >= 11 is 0. The van der Waals surface area contributed by atoms with Crippen LogP contribution in [0.15, 0.2) is 23.1 Å². The lowest BCUT2D eigenvalue weighted by Gasteiger charge is -2.26. The SMILES string of the molecule is CCN(CC)c1ccc(S(=O)(=O)N(CC)CC)cc1NC(=O)C[NH+]1CCCC1. The molecular formula is C20H35N4O3S+. The van der Waals surface area contributed by atoms with Crippen LogP contribution in [0.4, 0.5) is 11.4 Å². The molecule has 1 fully saturated rings. The molecule has 158 valence electrons. The van der Waals surface area contributed by atoms with Gasteiger partial charge in [-0.3, -0.25) is 4.79 Å². The molecule has 1 saturated heterocycles. The van der Waals surface area contributed by atoms with E-state index in [0.717, 1.165) is 44.7 Å². The van der Waals surface area contributed by atoms with Crippen molar-refractivity contribution in [1.29, 1.82) is 0 Å². The minimum absolute atomic E-state index is 0.0670. The molecule has 0 unspecified atom stereocenters. The molecule has 7 nitrogen and oxygen atoms in total. The van der Waals surface area contributed by atoms with Crippen LogP contribution in [0, 0.1) is 0 Å². The topological polar surface area (TPSA) is 74.2 Å². The van der Waals surface area contributed by atoms with Crippen LogP contribution in [-0.2, 0) is 14.8 Å². The second kappa shape index (κ2) is 10.2. The van der Waals surface area contributed by atoms with Gasteiger partial charge in [0, 0.05) is 39.0 Å². The highest BCUT2D eigenvalue weighted by Crippen LogP contribution is 2.30. The first-order chi connectivity index (χ1) is 13.4. The van der Waals surface area contributed by atoms with Crippen LogP contribution < -0.4 is 15.1 Å². The number of nitrogens with one attached hydrogen (secondary N) is 2. The van der Waals surface area contributed by atoms with E-state index < -0.39 is 10.0 Å². The molecule has 1 aliphatic heterocycles. The molecular weight excluding hydrogens is 376 g/mol. The summed E-state index contributed by atoms with van der Waals surface area (Å²) in [4.78, 5) is 16.2. The first-order valence-electron chi connectivity index (χ1n) is 10.4. The third-order valence-electron chi connectivity index (χ3n) is 5.41. The molecule has 0 aromatic heterocycles. The first-order valence-corrected chi connectivity index (χ1v) is 11.8. The standard InChI is InChI=1S/C20H34N4O3S/c1-5-23(6-2)19-12-11-17(28(26,27)24(7-3)8-4)15-18(19)21-20(25)16-22-13-9-10-14-22/h11-12,15H,5-10,13-14,16H2,1-4H3,(H,21,25)/p+1. The van der Waals surface area contributed by atoms with Crippen molar-refractivity contribution < 1.29 is 18.1 Å². The molecule has 28 heavy (non-hydrogen) atoms. The van der Waals surface area contributed by atoms with Gasteiger partial charge in [0.25, 0.3) is 5.91 Å². The van der Waals surface area contributed by atoms with Crippen LogP contribution in [0.25, 0.3) is 0 Å². The van der Waals surface area contributed by atoms with Crippen LogP contribution in [0.2, 0.25) is 0 Å². The van der Waals surface area contributed by atoms with Crippen molar-refractivity contribution in [2.75, 3.05) is 56.0 Å². The average Bonchev–Trinajstić information content (AvgIpc) is 3.17. The van der Waals surface area contributed by atoms with Crippen LogP contribution >= 0.6 is 0 Å². The van der Waals surface area contributed by atoms with Crippen molar-refractivity contribution in [2.24, 2.45) is 0 Å². The number of anilines is 2. The monoisotopic (exact) mass is 411 g/mol. The fourth-order valence-corrected chi connectivity index (χ4v) is 5.29. The van der Waals surface area contributed by atoms with Gasteiger partial charge in [0.1, 0.15) is 0 Å². The van der Waals surface area contributed by atoms with E-state index in [0.29, 0.717) is 25.3 Å². The quantitative estimate of drug-likeness (QED) is 0.606. The van der Waals surface area contributed by atoms with Gasteiger partial charge in [0.05, 0.1) is 29.4 Å². The summed E-state index contributed by atoms with van der Waals surface area (Å²) in [5.41, 5.74) is 1.42. The van der Waals surface area contributed by atoms with Crippen LogP contribution in [0.3, 0.4) is 0 Å². The third kappa shape index (κ3) is 5.24. The van der Waals surface area contributed by atoms with Crippen molar-refractivity contribution in [1.82, 2.24) is 4.31 Å². The van der Waals surface area contributed by atoms with E-state index >= 15 is 0 Å². The fraction of sp³-hybridized carbons (Fsp3) is 0.650. The number of hydrogen-bond donors (Lipinski definition) is 2. The Morgan fingerprint density at radius 1 is 1.04 bits per heavy atom. The molecule has 0 atom stereocenters. The fourth-order valence-electron chi connectivity index (χ4n) is 3.80. The molecule has 1 aromatic rings. The van der Waals surface area contributed by atoms with Gasteiger partial charge in [0.2, 0.25) is 10.0 Å². The predicted molar refractivity (Wildman–Crippen MR) is 114 cm³/mol. The Labute approximate surface area is 169 Å². The van der Waals surface area contributed by atoms with Gasteiger partial charge in [-0.2, -0.15) is 4.31 Å². The maximum absolute atomic E-state index is 12.9. The summed E-state index contributed by atoms with van der Waals surface area (Å²) in [6.07, 6.45) is 2.32. The second-order valence-corrected chi connectivity index (χ2v) is 9.06. The number of likely N-dealkylation sites (tertiary alicyclic amines) is 1. The van der Waals surface area contributed by atoms with E-state index in [1.807, 2.05) is 33.8 Å². The Kier molecular flexibility index (Phi) is 8.27. The summed E-state index contributed by atoms with van der Waals surface area (Å²) in [5.74, 6) is -0.0670. The van der Waals surface area contributed by atoms with Crippen molar-refractivity contribution in [2.45, 2.75) is 45.4 Å². The van der Waals surface area contributed by atoms with Gasteiger partial charge in [-0.05, 0) is 32.0 Å². The molecule has 2 N–H and O–H groups in total. The van der Waals surface area contributed by atoms with Gasteiger partial charge in [-0.1, -0.05) is 13.8 Å². The number of hydrogen-bond acceptors (Lipinski definition) is 4. The normalized spacial score (nSPS) is 15.2. The summed E-state index contributed by atoms with van der Waals surface area (Å²) < 4.78 is 27.3. The largest absolute Gasteiger partial charge is 0.370 e. The highest BCUT2D eigenvalue weighted by Gasteiger charge is 2.25. The number of amides is 1. The number of quaternary nitrogens is 1. The molecule has 8 heteroatoms. The summed E-state index contributed by atoms with van der Waals surface area (Å²) in [5, 5.41) is 2.99. The zero-order chi connectivity index (χ0) is 20.7. The van der Waals surface area contributed by atoms with E-state index in [4.69, 9.17) is 0 Å². The molecule has 0 aliphatic carbocycles. The van der Waals surface area contributed by atoms with E-state index in [-0.39, 0.29) is 10.8 Å². The molecule has 0 saturated carbocycles. The molecule has 1 aliphatic rings. The zero-order valence-corrected chi connectivity index (χ0v) is 18.4. The highest BCUT2D eigenvalue weighted by molar-refractivity contribution is 7.89. The Bertz CT molecular complexity index is 753. The number of carbonyl (C=O) groups excluding carboxylic acids is 1. The number of carbonyl (C=O) groups is 1. The van der Waals surface area contributed by atoms with E-state index in [1.165, 1.54) is 9.21 Å². The van der Waals surface area contributed by atoms with Crippen molar-refractivity contribution in [3.63, 3.8) is 0 Å². The minimum Gasteiger partial charge on any atom is -0.370 e. The van der Waals surface area contributed by atoms with Crippen LogP contribution in [0.1, 0.15) is 40.5 Å². The minimum atomic E-state index is -3.58. The lowest BCUT2D eigenvalue weighted by molar-refractivity contribution is -0.878. The number of nitrogens with zero attached hydrogens (tertiary/aromatic N) is 2. The smallest absolute Gasteiger partial charge is 0.279 e. The molecule has 1 amide bonds. The Morgan fingerprint density at radius 2 is 1.64 bits per heavy atom. The Balaban J connectivity index is 2.36. The van der Waals surface area contributed by atoms with E-state index in [2.05, 4.69) is 10.2 Å². The first kappa shape index (κ1) is 22.6. The van der Waals surface area contributed by atoms with Crippen molar-refractivity contribution >= 4 is 27.3 Å². The van der Waals surface area contributed by atoms with E-state index in [9.17, 15) is 13.2 Å². The number of rotatable bonds is 10. The third-order valence-corrected chi connectivity index (χ3v) is 7.46. The second-order valence-electron chi connectivity index (χ2n) is 7.12. The van der Waals surface area contributed by atoms with Gasteiger partial charge in [0.15, 0.2) is 6.54 Å². The molecule has 0 bridgehead atoms. The van der Waals surface area contributed by atoms with Gasteiger partial charge >= 0.3 is 0 Å². The highest BCUT2D eigenvalue weighted by atomic mass is 32.2. The molecule has 0 radical (unpaired) electrons. The summed E-state index contributed by atoms with van der Waals surface area (Å²) in [6, 6.07) is 5.06. The van der Waals surface area contributed by atoms with Crippen LogP contribution in [-0.4, -0.2) is 64.4 Å². The molecule has 2 rings (SSSR count). The van der Waals surface area contributed by atoms with Gasteiger partial charge < -0.3 is 15.1 Å². The van der Waals surface area contributed by atoms with Crippen LogP contribution in [0.5, 0.6) is 0 Å². The zero-order valence-electron chi connectivity index (χ0n) is 17.6. The molecule has 1 heterocycles. The summed E-state index contributed by atoms with van der Waals surface area (Å²) in [7, 11) is -3.58. The Morgan fingerprint density at radius 3 is 2.18 bits per heavy atom. The number of sulfonamides is 1. The lowest BCUT2D eigenvalue weighted by atomic mass is 10.2. The predicted octanol–water partition coefficient (Wildman–Crippen LogP) is 1.18. The Hall–Kier alpha value is -1.64. The molecule has 1 aromatic carbocycles. The maximum atomic E-state index is 12.9. The maximum Gasteiger partial charge on any atom is 0.279 e. The van der Waals surface area contributed by atoms with Gasteiger partial charge in [-0.25, -0.2) is 8.42 Å². The lowest BCUT2D eigenvalue weighted by Crippen LogP contribution is -3.11. The number of benzene rings is 1. The van der Waals surface area contributed by atoms with E-state index in [1.54, 1.807) is 12.1 Å². The molecule has 0 spiro atoms.